The summed E-state index contributed by atoms with van der Waals surface area (Å²) in [5.74, 6) is 2.99. The third kappa shape index (κ3) is 3.68. The molecular formula is C16H17N3O4. The van der Waals surface area contributed by atoms with Crippen molar-refractivity contribution < 1.29 is 18.0 Å². The SMILES string of the molecule is Cc1ccc(CNC(=O)CCc2nnc(-c3ccoc3C)o2)o1. The number of rotatable bonds is 6. The summed E-state index contributed by atoms with van der Waals surface area (Å²) in [4.78, 5) is 11.8. The number of carbonyl (C=O) groups is 1. The zero-order chi connectivity index (χ0) is 16.2. The molecule has 1 amide bonds. The highest BCUT2D eigenvalue weighted by molar-refractivity contribution is 5.75. The number of hydrogen-bond acceptors (Lipinski definition) is 6. The minimum absolute atomic E-state index is 0.0988. The molecular weight excluding hydrogens is 298 g/mol. The zero-order valence-electron chi connectivity index (χ0n) is 13.0. The average Bonchev–Trinajstić information content (AvgIpc) is 3.24. The van der Waals surface area contributed by atoms with E-state index in [1.54, 1.807) is 12.3 Å². The van der Waals surface area contributed by atoms with E-state index in [0.717, 1.165) is 17.1 Å². The van der Waals surface area contributed by atoms with Crippen LogP contribution < -0.4 is 5.32 Å². The van der Waals surface area contributed by atoms with E-state index in [1.165, 1.54) is 0 Å². The predicted molar refractivity (Wildman–Crippen MR) is 80.3 cm³/mol. The van der Waals surface area contributed by atoms with Crippen molar-refractivity contribution in [1.29, 1.82) is 0 Å². The Morgan fingerprint density at radius 1 is 1.17 bits per heavy atom. The Kier molecular flexibility index (Phi) is 4.27. The number of nitrogens with one attached hydrogen (secondary N) is 1. The zero-order valence-corrected chi connectivity index (χ0v) is 13.0. The molecule has 0 atom stereocenters. The van der Waals surface area contributed by atoms with Crippen LogP contribution in [0.15, 0.2) is 37.7 Å². The molecule has 0 radical (unpaired) electrons. The standard InChI is InChI=1S/C16H17N3O4/c1-10-3-4-12(22-10)9-17-14(20)5-6-15-18-19-16(23-15)13-7-8-21-11(13)2/h3-4,7-8H,5-6,9H2,1-2H3,(H,17,20). The number of aromatic nitrogens is 2. The molecule has 0 aliphatic rings. The summed E-state index contributed by atoms with van der Waals surface area (Å²) < 4.78 is 16.1. The molecule has 0 unspecified atom stereocenters. The van der Waals surface area contributed by atoms with E-state index < -0.39 is 0 Å². The fourth-order valence-corrected chi connectivity index (χ4v) is 2.14. The number of hydrogen-bond donors (Lipinski definition) is 1. The predicted octanol–water partition coefficient (Wildman–Crippen LogP) is 2.79. The topological polar surface area (TPSA) is 94.3 Å². The Morgan fingerprint density at radius 3 is 2.74 bits per heavy atom. The summed E-state index contributed by atoms with van der Waals surface area (Å²) in [5.41, 5.74) is 0.765. The lowest BCUT2D eigenvalue weighted by Crippen LogP contribution is -2.22. The van der Waals surface area contributed by atoms with Gasteiger partial charge in [-0.1, -0.05) is 0 Å². The van der Waals surface area contributed by atoms with E-state index >= 15 is 0 Å². The molecule has 0 fully saturated rings. The van der Waals surface area contributed by atoms with Gasteiger partial charge < -0.3 is 18.6 Å². The highest BCUT2D eigenvalue weighted by Gasteiger charge is 2.14. The molecule has 3 aromatic heterocycles. The Hall–Kier alpha value is -2.83. The van der Waals surface area contributed by atoms with Crippen LogP contribution in [0.5, 0.6) is 0 Å². The van der Waals surface area contributed by atoms with Crippen molar-refractivity contribution in [3.05, 3.63) is 47.6 Å². The summed E-state index contributed by atoms with van der Waals surface area (Å²) in [5, 5.41) is 10.7. The van der Waals surface area contributed by atoms with Gasteiger partial charge >= 0.3 is 0 Å². The van der Waals surface area contributed by atoms with Crippen molar-refractivity contribution in [3.63, 3.8) is 0 Å². The van der Waals surface area contributed by atoms with E-state index in [2.05, 4.69) is 15.5 Å². The van der Waals surface area contributed by atoms with Gasteiger partial charge in [-0.3, -0.25) is 4.79 Å². The molecule has 1 N–H and O–H groups in total. The highest BCUT2D eigenvalue weighted by atomic mass is 16.4. The molecule has 0 saturated carbocycles. The van der Waals surface area contributed by atoms with Gasteiger partial charge in [0, 0.05) is 12.8 Å². The second kappa shape index (κ2) is 6.51. The van der Waals surface area contributed by atoms with Crippen molar-refractivity contribution in [1.82, 2.24) is 15.5 Å². The minimum atomic E-state index is -0.0988. The summed E-state index contributed by atoms with van der Waals surface area (Å²) in [7, 11) is 0. The van der Waals surface area contributed by atoms with Crippen molar-refractivity contribution in [3.8, 4) is 11.5 Å². The summed E-state index contributed by atoms with van der Waals surface area (Å²) in [6.45, 7) is 4.05. The lowest BCUT2D eigenvalue weighted by Gasteiger charge is -2.01. The van der Waals surface area contributed by atoms with Crippen LogP contribution in [0.3, 0.4) is 0 Å². The quantitative estimate of drug-likeness (QED) is 0.751. The van der Waals surface area contributed by atoms with Gasteiger partial charge in [0.15, 0.2) is 0 Å². The lowest BCUT2D eigenvalue weighted by atomic mass is 10.2. The molecule has 0 aliphatic heterocycles. The van der Waals surface area contributed by atoms with Crippen LogP contribution in [0.4, 0.5) is 0 Å². The first kappa shape index (κ1) is 15.1. The molecule has 0 bridgehead atoms. The molecule has 7 heteroatoms. The van der Waals surface area contributed by atoms with Crippen LogP contribution in [0.25, 0.3) is 11.5 Å². The molecule has 7 nitrogen and oxygen atoms in total. The second-order valence-corrected chi connectivity index (χ2v) is 5.18. The van der Waals surface area contributed by atoms with E-state index in [-0.39, 0.29) is 12.3 Å². The molecule has 3 rings (SSSR count). The maximum Gasteiger partial charge on any atom is 0.251 e. The average molecular weight is 315 g/mol. The second-order valence-electron chi connectivity index (χ2n) is 5.18. The Labute approximate surface area is 132 Å². The maximum absolute atomic E-state index is 11.8. The van der Waals surface area contributed by atoms with Crippen LogP contribution in [0.2, 0.25) is 0 Å². The van der Waals surface area contributed by atoms with Gasteiger partial charge in [0.25, 0.3) is 5.89 Å². The van der Waals surface area contributed by atoms with Gasteiger partial charge in [-0.15, -0.1) is 10.2 Å². The molecule has 0 aliphatic carbocycles. The Bertz CT molecular complexity index is 800. The van der Waals surface area contributed by atoms with Crippen LogP contribution in [-0.2, 0) is 17.8 Å². The third-order valence-electron chi connectivity index (χ3n) is 3.38. The van der Waals surface area contributed by atoms with Crippen LogP contribution in [0.1, 0.15) is 29.6 Å². The van der Waals surface area contributed by atoms with Gasteiger partial charge in [0.1, 0.15) is 17.3 Å². The highest BCUT2D eigenvalue weighted by Crippen LogP contribution is 2.22. The van der Waals surface area contributed by atoms with Crippen molar-refractivity contribution in [2.75, 3.05) is 0 Å². The third-order valence-corrected chi connectivity index (χ3v) is 3.38. The molecule has 3 aromatic rings. The van der Waals surface area contributed by atoms with Crippen LogP contribution in [0, 0.1) is 13.8 Å². The maximum atomic E-state index is 11.8. The number of aryl methyl sites for hydroxylation is 3. The Balaban J connectivity index is 1.49. The van der Waals surface area contributed by atoms with Gasteiger partial charge in [0.2, 0.25) is 11.8 Å². The monoisotopic (exact) mass is 315 g/mol. The molecule has 0 spiro atoms. The van der Waals surface area contributed by atoms with Crippen molar-refractivity contribution in [2.45, 2.75) is 33.2 Å². The number of amides is 1. The molecule has 120 valence electrons. The number of carbonyl (C=O) groups excluding carboxylic acids is 1. The number of nitrogens with zero attached hydrogens (tertiary/aromatic N) is 2. The minimum Gasteiger partial charge on any atom is -0.469 e. The molecule has 23 heavy (non-hydrogen) atoms. The molecule has 3 heterocycles. The van der Waals surface area contributed by atoms with Crippen LogP contribution >= 0.6 is 0 Å². The largest absolute Gasteiger partial charge is 0.469 e. The fourth-order valence-electron chi connectivity index (χ4n) is 2.14. The van der Waals surface area contributed by atoms with Gasteiger partial charge in [0.05, 0.1) is 18.4 Å². The molecule has 0 saturated heterocycles. The lowest BCUT2D eigenvalue weighted by molar-refractivity contribution is -0.121. The van der Waals surface area contributed by atoms with Gasteiger partial charge in [-0.2, -0.15) is 0 Å². The first-order valence-corrected chi connectivity index (χ1v) is 7.30. The van der Waals surface area contributed by atoms with E-state index in [1.807, 2.05) is 26.0 Å². The fraction of sp³-hybridized carbons (Fsp3) is 0.312. The molecule has 0 aromatic carbocycles. The van der Waals surface area contributed by atoms with E-state index in [4.69, 9.17) is 13.3 Å². The first-order valence-electron chi connectivity index (χ1n) is 7.30. The summed E-state index contributed by atoms with van der Waals surface area (Å²) in [6.07, 6.45) is 2.22. The van der Waals surface area contributed by atoms with Crippen LogP contribution in [-0.4, -0.2) is 16.1 Å². The van der Waals surface area contributed by atoms with E-state index in [0.29, 0.717) is 30.5 Å². The Morgan fingerprint density at radius 2 is 2.04 bits per heavy atom. The smallest absolute Gasteiger partial charge is 0.251 e. The summed E-state index contributed by atoms with van der Waals surface area (Å²) >= 11 is 0. The first-order chi connectivity index (χ1) is 11.1. The number of furan rings is 2. The van der Waals surface area contributed by atoms with Crippen molar-refractivity contribution in [2.24, 2.45) is 0 Å². The van der Waals surface area contributed by atoms with Gasteiger partial charge in [-0.05, 0) is 32.0 Å². The summed E-state index contributed by atoms with van der Waals surface area (Å²) in [6, 6.07) is 5.47. The van der Waals surface area contributed by atoms with Crippen molar-refractivity contribution >= 4 is 5.91 Å². The normalized spacial score (nSPS) is 10.9. The van der Waals surface area contributed by atoms with Gasteiger partial charge in [-0.25, -0.2) is 0 Å². The van der Waals surface area contributed by atoms with E-state index in [9.17, 15) is 4.79 Å².